The lowest BCUT2D eigenvalue weighted by Crippen LogP contribution is -2.58. The van der Waals surface area contributed by atoms with Crippen LogP contribution < -0.4 is 0 Å². The zero-order chi connectivity index (χ0) is 17.2. The van der Waals surface area contributed by atoms with Crippen LogP contribution in [0.2, 0.25) is 5.02 Å². The highest BCUT2D eigenvalue weighted by atomic mass is 35.5. The number of hydrogen-bond donors (Lipinski definition) is 0. The van der Waals surface area contributed by atoms with Gasteiger partial charge in [0, 0.05) is 58.4 Å². The van der Waals surface area contributed by atoms with Gasteiger partial charge >= 0.3 is 0 Å². The van der Waals surface area contributed by atoms with E-state index in [0.717, 1.165) is 57.9 Å². The lowest BCUT2D eigenvalue weighted by molar-refractivity contribution is -0.139. The molecule has 0 N–H and O–H groups in total. The number of halogens is 1. The Morgan fingerprint density at radius 2 is 1.79 bits per heavy atom. The molecule has 6 heteroatoms. The quantitative estimate of drug-likeness (QED) is 0.808. The van der Waals surface area contributed by atoms with E-state index in [1.165, 1.54) is 0 Å². The van der Waals surface area contributed by atoms with Gasteiger partial charge in [0.15, 0.2) is 0 Å². The minimum atomic E-state index is -0.535. The Labute approximate surface area is 149 Å². The van der Waals surface area contributed by atoms with Gasteiger partial charge in [-0.15, -0.1) is 0 Å². The number of amides is 1. The van der Waals surface area contributed by atoms with E-state index >= 15 is 0 Å². The van der Waals surface area contributed by atoms with Crippen molar-refractivity contribution in [2.75, 3.05) is 60.0 Å². The van der Waals surface area contributed by atoms with Crippen molar-refractivity contribution >= 4 is 17.5 Å². The summed E-state index contributed by atoms with van der Waals surface area (Å²) < 4.78 is 5.17. The maximum absolute atomic E-state index is 13.1. The Morgan fingerprint density at radius 3 is 2.33 bits per heavy atom. The molecule has 3 rings (SSSR count). The molecular formula is C18H26ClN3O2. The van der Waals surface area contributed by atoms with Gasteiger partial charge in [0.05, 0.1) is 6.61 Å². The van der Waals surface area contributed by atoms with Gasteiger partial charge in [-0.2, -0.15) is 0 Å². The van der Waals surface area contributed by atoms with Gasteiger partial charge in [-0.3, -0.25) is 14.6 Å². The lowest BCUT2D eigenvalue weighted by Gasteiger charge is -2.44. The van der Waals surface area contributed by atoms with Crippen molar-refractivity contribution in [1.29, 1.82) is 0 Å². The van der Waals surface area contributed by atoms with Crippen LogP contribution in [0.4, 0.5) is 0 Å². The Kier molecular flexibility index (Phi) is 5.45. The van der Waals surface area contributed by atoms with Crippen LogP contribution >= 0.6 is 11.6 Å². The first kappa shape index (κ1) is 17.7. The molecule has 0 bridgehead atoms. The van der Waals surface area contributed by atoms with Crippen LogP contribution in [0.15, 0.2) is 24.3 Å². The molecule has 0 radical (unpaired) electrons. The maximum atomic E-state index is 13.1. The largest absolute Gasteiger partial charge is 0.383 e. The van der Waals surface area contributed by atoms with Crippen molar-refractivity contribution in [1.82, 2.24) is 14.7 Å². The number of rotatable bonds is 5. The predicted molar refractivity (Wildman–Crippen MR) is 95.3 cm³/mol. The van der Waals surface area contributed by atoms with E-state index in [0.29, 0.717) is 5.02 Å². The van der Waals surface area contributed by atoms with E-state index in [1.807, 2.05) is 36.2 Å². The van der Waals surface area contributed by atoms with Crippen molar-refractivity contribution in [3.63, 3.8) is 0 Å². The van der Waals surface area contributed by atoms with Gasteiger partial charge < -0.3 is 9.64 Å². The zero-order valence-corrected chi connectivity index (χ0v) is 15.3. The summed E-state index contributed by atoms with van der Waals surface area (Å²) >= 11 is 6.05. The molecule has 0 aliphatic carbocycles. The van der Waals surface area contributed by atoms with Crippen LogP contribution in [0.5, 0.6) is 0 Å². The third kappa shape index (κ3) is 3.18. The molecule has 132 valence electrons. The molecule has 1 atom stereocenters. The Hall–Kier alpha value is -1.14. The summed E-state index contributed by atoms with van der Waals surface area (Å²) in [7, 11) is 3.63. The van der Waals surface area contributed by atoms with Crippen LogP contribution in [0, 0.1) is 0 Å². The second kappa shape index (κ2) is 7.40. The van der Waals surface area contributed by atoms with Crippen molar-refractivity contribution in [3.8, 4) is 0 Å². The molecule has 0 saturated carbocycles. The van der Waals surface area contributed by atoms with E-state index in [1.54, 1.807) is 7.11 Å². The van der Waals surface area contributed by atoms with Crippen LogP contribution in [-0.4, -0.2) is 80.6 Å². The fraction of sp³-hybridized carbons (Fsp3) is 0.611. The number of methoxy groups -OCH3 is 1. The standard InChI is InChI=1S/C18H26ClN3O2/c1-20-8-7-18(17(20)23,15-3-5-16(19)6-4-15)22-11-9-21(10-12-22)13-14-24-2/h3-6H,7-14H2,1-2H3. The van der Waals surface area contributed by atoms with E-state index in [9.17, 15) is 4.79 Å². The molecule has 2 saturated heterocycles. The molecule has 1 aromatic carbocycles. The number of likely N-dealkylation sites (N-methyl/N-ethyl adjacent to an activating group) is 1. The van der Waals surface area contributed by atoms with Crippen LogP contribution in [0.1, 0.15) is 12.0 Å². The molecule has 2 fully saturated rings. The monoisotopic (exact) mass is 351 g/mol. The molecule has 1 unspecified atom stereocenters. The molecule has 1 amide bonds. The number of hydrogen-bond acceptors (Lipinski definition) is 4. The number of carbonyl (C=O) groups is 1. The minimum Gasteiger partial charge on any atom is -0.383 e. The Balaban J connectivity index is 1.82. The third-order valence-electron chi connectivity index (χ3n) is 5.36. The Morgan fingerprint density at radius 1 is 1.12 bits per heavy atom. The maximum Gasteiger partial charge on any atom is 0.247 e. The molecule has 5 nitrogen and oxygen atoms in total. The van der Waals surface area contributed by atoms with Gasteiger partial charge in [0.2, 0.25) is 5.91 Å². The van der Waals surface area contributed by atoms with Gasteiger partial charge in [-0.1, -0.05) is 23.7 Å². The number of piperazine rings is 1. The second-order valence-corrected chi connectivity index (χ2v) is 7.10. The summed E-state index contributed by atoms with van der Waals surface area (Å²) in [6.45, 7) is 6.23. The summed E-state index contributed by atoms with van der Waals surface area (Å²) in [6.07, 6.45) is 0.835. The lowest BCUT2D eigenvalue weighted by atomic mass is 9.85. The van der Waals surface area contributed by atoms with Gasteiger partial charge in [0.1, 0.15) is 5.54 Å². The third-order valence-corrected chi connectivity index (χ3v) is 5.61. The smallest absolute Gasteiger partial charge is 0.247 e. The normalized spacial score (nSPS) is 26.3. The molecular weight excluding hydrogens is 326 g/mol. The molecule has 2 aliphatic heterocycles. The van der Waals surface area contributed by atoms with Gasteiger partial charge in [0.25, 0.3) is 0 Å². The molecule has 24 heavy (non-hydrogen) atoms. The molecule has 1 aromatic rings. The van der Waals surface area contributed by atoms with E-state index in [2.05, 4.69) is 9.80 Å². The predicted octanol–water partition coefficient (Wildman–Crippen LogP) is 1.66. The summed E-state index contributed by atoms with van der Waals surface area (Å²) in [5.41, 5.74) is 0.527. The topological polar surface area (TPSA) is 36.0 Å². The fourth-order valence-corrected chi connectivity index (χ4v) is 4.02. The van der Waals surface area contributed by atoms with E-state index in [4.69, 9.17) is 16.3 Å². The summed E-state index contributed by atoms with van der Waals surface area (Å²) in [6, 6.07) is 7.80. The number of nitrogens with zero attached hydrogens (tertiary/aromatic N) is 3. The Bertz CT molecular complexity index is 572. The minimum absolute atomic E-state index is 0.204. The van der Waals surface area contributed by atoms with Crippen molar-refractivity contribution in [2.24, 2.45) is 0 Å². The van der Waals surface area contributed by atoms with Gasteiger partial charge in [-0.25, -0.2) is 0 Å². The van der Waals surface area contributed by atoms with Crippen LogP contribution in [0.3, 0.4) is 0 Å². The molecule has 2 aliphatic rings. The first-order valence-corrected chi connectivity index (χ1v) is 8.93. The number of benzene rings is 1. The average Bonchev–Trinajstić information content (AvgIpc) is 2.91. The van der Waals surface area contributed by atoms with Crippen molar-refractivity contribution < 1.29 is 9.53 Å². The van der Waals surface area contributed by atoms with Crippen LogP contribution in [-0.2, 0) is 15.1 Å². The highest BCUT2D eigenvalue weighted by Gasteiger charge is 2.51. The number of likely N-dealkylation sites (tertiary alicyclic amines) is 1. The second-order valence-electron chi connectivity index (χ2n) is 6.67. The number of carbonyl (C=O) groups excluding carboxylic acids is 1. The summed E-state index contributed by atoms with van der Waals surface area (Å²) in [5, 5.41) is 0.706. The van der Waals surface area contributed by atoms with Crippen molar-refractivity contribution in [3.05, 3.63) is 34.9 Å². The molecule has 2 heterocycles. The van der Waals surface area contributed by atoms with Gasteiger partial charge in [-0.05, 0) is 24.1 Å². The molecule has 0 spiro atoms. The summed E-state index contributed by atoms with van der Waals surface area (Å²) in [5.74, 6) is 0.204. The average molecular weight is 352 g/mol. The van der Waals surface area contributed by atoms with E-state index in [-0.39, 0.29) is 5.91 Å². The van der Waals surface area contributed by atoms with Crippen LogP contribution in [0.25, 0.3) is 0 Å². The molecule has 0 aromatic heterocycles. The fourth-order valence-electron chi connectivity index (χ4n) is 3.90. The highest BCUT2D eigenvalue weighted by molar-refractivity contribution is 6.30. The SMILES string of the molecule is COCCN1CCN(C2(c3ccc(Cl)cc3)CCN(C)C2=O)CC1. The summed E-state index contributed by atoms with van der Waals surface area (Å²) in [4.78, 5) is 19.7. The zero-order valence-electron chi connectivity index (χ0n) is 14.5. The van der Waals surface area contributed by atoms with Crippen molar-refractivity contribution in [2.45, 2.75) is 12.0 Å². The van der Waals surface area contributed by atoms with E-state index < -0.39 is 5.54 Å². The first-order valence-electron chi connectivity index (χ1n) is 8.56. The highest BCUT2D eigenvalue weighted by Crippen LogP contribution is 2.39. The first-order chi connectivity index (χ1) is 11.6. The number of ether oxygens (including phenoxy) is 1.